The van der Waals surface area contributed by atoms with E-state index in [9.17, 15) is 18.1 Å². The molecule has 2 aliphatic heterocycles. The quantitative estimate of drug-likeness (QED) is 0.0783. The van der Waals surface area contributed by atoms with Crippen molar-refractivity contribution >= 4 is 50.7 Å². The molecule has 3 aliphatic rings. The lowest BCUT2D eigenvalue weighted by Crippen LogP contribution is -2.46. The highest BCUT2D eigenvalue weighted by Crippen LogP contribution is 2.37. The van der Waals surface area contributed by atoms with Crippen molar-refractivity contribution in [1.29, 1.82) is 0 Å². The number of rotatable bonds is 15. The first kappa shape index (κ1) is 41.2. The molecule has 2 N–H and O–H groups in total. The first-order chi connectivity index (χ1) is 29.2. The van der Waals surface area contributed by atoms with Crippen LogP contribution >= 0.6 is 11.6 Å². The van der Waals surface area contributed by atoms with Crippen LogP contribution in [-0.2, 0) is 27.7 Å². The predicted molar refractivity (Wildman–Crippen MR) is 237 cm³/mol. The molecule has 12 nitrogen and oxygen atoms in total. The van der Waals surface area contributed by atoms with Crippen LogP contribution in [-0.4, -0.2) is 89.7 Å². The van der Waals surface area contributed by atoms with Crippen LogP contribution in [0.1, 0.15) is 33.5 Å². The van der Waals surface area contributed by atoms with Crippen LogP contribution in [0.15, 0.2) is 119 Å². The van der Waals surface area contributed by atoms with Crippen molar-refractivity contribution in [3.63, 3.8) is 0 Å². The van der Waals surface area contributed by atoms with Crippen LogP contribution in [0.4, 0.5) is 17.1 Å². The summed E-state index contributed by atoms with van der Waals surface area (Å²) in [7, 11) is -4.41. The van der Waals surface area contributed by atoms with E-state index >= 15 is 0 Å². The third kappa shape index (κ3) is 9.72. The van der Waals surface area contributed by atoms with Crippen molar-refractivity contribution < 1.29 is 22.7 Å². The monoisotopic (exact) mass is 846 g/mol. The summed E-state index contributed by atoms with van der Waals surface area (Å²) in [6, 6.07) is 31.4. The molecule has 60 heavy (non-hydrogen) atoms. The average molecular weight is 847 g/mol. The van der Waals surface area contributed by atoms with Gasteiger partial charge in [-0.15, -0.1) is 4.91 Å². The van der Waals surface area contributed by atoms with Gasteiger partial charge in [0.2, 0.25) is 0 Å². The van der Waals surface area contributed by atoms with E-state index < -0.39 is 15.9 Å². The van der Waals surface area contributed by atoms with Crippen LogP contribution in [0, 0.1) is 4.91 Å². The fourth-order valence-electron chi connectivity index (χ4n) is 7.91. The van der Waals surface area contributed by atoms with E-state index in [1.165, 1.54) is 29.3 Å². The largest absolute Gasteiger partial charge is 0.456 e. The molecule has 2 fully saturated rings. The Bertz CT molecular complexity index is 2480. The second-order valence-corrected chi connectivity index (χ2v) is 17.2. The maximum absolute atomic E-state index is 13.9. The van der Waals surface area contributed by atoms with Crippen LogP contribution < -0.4 is 19.7 Å². The SMILES string of the molecule is O=Nc1cc(S(=O)(=O)NC(=O)c2ccc(N3CCN(Cc4ccccc4-c4ccc(Cl)cc4)CC3)cc2Oc2cccc3c2C=CC3)ccc1NCCCN1CCOCC1. The summed E-state index contributed by atoms with van der Waals surface area (Å²) in [6.45, 7) is 8.50. The molecule has 0 aromatic heterocycles. The molecule has 5 aromatic carbocycles. The van der Waals surface area contributed by atoms with Crippen molar-refractivity contribution in [3.8, 4) is 22.6 Å². The van der Waals surface area contributed by atoms with E-state index in [2.05, 4.69) is 60.3 Å². The Morgan fingerprint density at radius 3 is 2.43 bits per heavy atom. The molecule has 0 saturated carbocycles. The summed E-state index contributed by atoms with van der Waals surface area (Å²) in [6.07, 6.45) is 5.63. The van der Waals surface area contributed by atoms with Gasteiger partial charge in [0.25, 0.3) is 15.9 Å². The number of hydrogen-bond donors (Lipinski definition) is 2. The van der Waals surface area contributed by atoms with Crippen molar-refractivity contribution in [3.05, 3.63) is 141 Å². The molecular formula is C46H47ClN6O6S. The summed E-state index contributed by atoms with van der Waals surface area (Å²) < 4.78 is 41.4. The normalized spacial score (nSPS) is 15.7. The van der Waals surface area contributed by atoms with Crippen LogP contribution in [0.2, 0.25) is 5.02 Å². The minimum absolute atomic E-state index is 0.0478. The van der Waals surface area contributed by atoms with E-state index in [0.29, 0.717) is 36.2 Å². The number of hydrogen-bond acceptors (Lipinski definition) is 11. The second kappa shape index (κ2) is 18.8. The molecule has 0 spiro atoms. The molecule has 0 atom stereocenters. The number of nitrogens with zero attached hydrogens (tertiary/aromatic N) is 4. The molecule has 14 heteroatoms. The molecule has 0 radical (unpaired) electrons. The standard InChI is InChI=1S/C46H47ClN6O6S/c47-36-14-12-34(13-15-36)39-9-2-1-6-35(39)32-52-22-24-53(25-23-52)37-16-18-41(45(30-37)59-44-11-4-8-33-7-3-10-40(33)44)46(54)50-60(56,57)38-17-19-42(43(31-38)49-55)48-20-5-21-51-26-28-58-29-27-51/h1-4,6,8-19,30-31,48H,5,7,20-29,32H2,(H,50,54). The van der Waals surface area contributed by atoms with Gasteiger partial charge in [0.1, 0.15) is 17.2 Å². The second-order valence-electron chi connectivity index (χ2n) is 15.1. The van der Waals surface area contributed by atoms with E-state index in [1.807, 2.05) is 54.6 Å². The van der Waals surface area contributed by atoms with Crippen molar-refractivity contribution in [2.24, 2.45) is 5.18 Å². The van der Waals surface area contributed by atoms with E-state index in [4.69, 9.17) is 21.1 Å². The maximum Gasteiger partial charge on any atom is 0.268 e. The molecule has 0 bridgehead atoms. The van der Waals surface area contributed by atoms with Gasteiger partial charge >= 0.3 is 0 Å². The minimum atomic E-state index is -4.41. The van der Waals surface area contributed by atoms with E-state index in [0.717, 1.165) is 87.6 Å². The molecular weight excluding hydrogens is 800 g/mol. The van der Waals surface area contributed by atoms with Gasteiger partial charge in [-0.3, -0.25) is 14.6 Å². The Hall–Kier alpha value is -5.57. The van der Waals surface area contributed by atoms with Gasteiger partial charge in [-0.25, -0.2) is 13.1 Å². The number of carbonyl (C=O) groups is 1. The van der Waals surface area contributed by atoms with Gasteiger partial charge in [-0.2, -0.15) is 0 Å². The maximum atomic E-state index is 13.9. The first-order valence-corrected chi connectivity index (χ1v) is 22.1. The third-order valence-electron chi connectivity index (χ3n) is 11.2. The van der Waals surface area contributed by atoms with Crippen LogP contribution in [0.25, 0.3) is 17.2 Å². The number of fused-ring (bicyclic) bond motifs is 1. The van der Waals surface area contributed by atoms with Crippen LogP contribution in [0.3, 0.4) is 0 Å². The lowest BCUT2D eigenvalue weighted by Gasteiger charge is -2.36. The zero-order valence-electron chi connectivity index (χ0n) is 33.2. The van der Waals surface area contributed by atoms with Gasteiger partial charge in [-0.05, 0) is 95.3 Å². The number of sulfonamides is 1. The molecule has 0 unspecified atom stereocenters. The summed E-state index contributed by atoms with van der Waals surface area (Å²) in [5.41, 5.74) is 6.79. The Labute approximate surface area is 355 Å². The fourth-order valence-corrected chi connectivity index (χ4v) is 9.02. The number of benzene rings is 5. The van der Waals surface area contributed by atoms with Gasteiger partial charge < -0.3 is 19.7 Å². The van der Waals surface area contributed by atoms with Gasteiger partial charge in [0.05, 0.1) is 29.4 Å². The van der Waals surface area contributed by atoms with E-state index in [1.54, 1.807) is 12.1 Å². The highest BCUT2D eigenvalue weighted by Gasteiger charge is 2.26. The number of anilines is 2. The van der Waals surface area contributed by atoms with Gasteiger partial charge in [0, 0.05) is 74.7 Å². The number of ether oxygens (including phenoxy) is 2. The first-order valence-electron chi connectivity index (χ1n) is 20.2. The van der Waals surface area contributed by atoms with Gasteiger partial charge in [0.15, 0.2) is 0 Å². The smallest absolute Gasteiger partial charge is 0.268 e. The summed E-state index contributed by atoms with van der Waals surface area (Å²) in [4.78, 5) is 32.5. The number of nitroso groups, excluding NO2 is 1. The third-order valence-corrected chi connectivity index (χ3v) is 12.8. The lowest BCUT2D eigenvalue weighted by molar-refractivity contribution is 0.0378. The molecule has 2 saturated heterocycles. The topological polar surface area (TPSA) is 133 Å². The van der Waals surface area contributed by atoms with Crippen molar-refractivity contribution in [2.45, 2.75) is 24.3 Å². The Morgan fingerprint density at radius 1 is 0.833 bits per heavy atom. The highest BCUT2D eigenvalue weighted by molar-refractivity contribution is 7.90. The van der Waals surface area contributed by atoms with E-state index in [-0.39, 0.29) is 21.9 Å². The summed E-state index contributed by atoms with van der Waals surface area (Å²) >= 11 is 6.16. The number of morpholine rings is 1. The predicted octanol–water partition coefficient (Wildman–Crippen LogP) is 8.34. The minimum Gasteiger partial charge on any atom is -0.456 e. The zero-order chi connectivity index (χ0) is 41.5. The molecule has 8 rings (SSSR count). The van der Waals surface area contributed by atoms with Gasteiger partial charge in [-0.1, -0.05) is 72.3 Å². The van der Waals surface area contributed by atoms with Crippen molar-refractivity contribution in [1.82, 2.24) is 14.5 Å². The molecule has 1 aliphatic carbocycles. The summed E-state index contributed by atoms with van der Waals surface area (Å²) in [5.74, 6) is -0.0796. The average Bonchev–Trinajstić information content (AvgIpc) is 3.76. The molecule has 310 valence electrons. The molecule has 1 amide bonds. The number of nitrogens with one attached hydrogen (secondary N) is 2. The molecule has 5 aromatic rings. The summed E-state index contributed by atoms with van der Waals surface area (Å²) in [5, 5.41) is 6.98. The Morgan fingerprint density at radius 2 is 1.63 bits per heavy atom. The number of carbonyl (C=O) groups excluding carboxylic acids is 1. The Balaban J connectivity index is 0.971. The number of piperazine rings is 1. The van der Waals surface area contributed by atoms with Crippen molar-refractivity contribution in [2.75, 3.05) is 75.8 Å². The zero-order valence-corrected chi connectivity index (χ0v) is 34.8. The number of allylic oxidation sites excluding steroid dienone is 1. The lowest BCUT2D eigenvalue weighted by atomic mass is 9.99. The fraction of sp³-hybridized carbons (Fsp3) is 0.283. The Kier molecular flexibility index (Phi) is 12.9. The highest BCUT2D eigenvalue weighted by atomic mass is 35.5. The van der Waals surface area contributed by atoms with Crippen LogP contribution in [0.5, 0.6) is 11.5 Å². The number of amides is 1. The molecule has 2 heterocycles. The number of halogens is 1.